The summed E-state index contributed by atoms with van der Waals surface area (Å²) in [6, 6.07) is 0.448. The Morgan fingerprint density at radius 2 is 1.78 bits per heavy atom. The molecule has 2 atom stereocenters. The van der Waals surface area contributed by atoms with Crippen LogP contribution in [0.4, 0.5) is 0 Å². The molecule has 3 heterocycles. The van der Waals surface area contributed by atoms with E-state index in [-0.39, 0.29) is 16.7 Å². The van der Waals surface area contributed by atoms with Crippen molar-refractivity contribution in [2.75, 3.05) is 19.6 Å². The largest absolute Gasteiger partial charge is 0.338 e. The summed E-state index contributed by atoms with van der Waals surface area (Å²) in [4.78, 5) is 15.0. The first-order valence-corrected chi connectivity index (χ1v) is 7.37. The van der Waals surface area contributed by atoms with Crippen molar-refractivity contribution >= 4 is 5.91 Å². The Labute approximate surface area is 110 Å². The first-order chi connectivity index (χ1) is 8.35. The molecule has 4 rings (SSSR count). The van der Waals surface area contributed by atoms with E-state index in [1.807, 2.05) is 0 Å². The zero-order valence-electron chi connectivity index (χ0n) is 12.1. The van der Waals surface area contributed by atoms with Gasteiger partial charge in [0.2, 0.25) is 5.91 Å². The number of hydrogen-bond donors (Lipinski definition) is 1. The van der Waals surface area contributed by atoms with E-state index in [2.05, 4.69) is 37.9 Å². The lowest BCUT2D eigenvalue weighted by Gasteiger charge is -2.36. The second-order valence-corrected chi connectivity index (χ2v) is 7.62. The number of nitrogens with one attached hydrogen (secondary N) is 1. The zero-order valence-corrected chi connectivity index (χ0v) is 12.1. The van der Waals surface area contributed by atoms with Gasteiger partial charge in [-0.15, -0.1) is 0 Å². The molecule has 3 heteroatoms. The van der Waals surface area contributed by atoms with E-state index in [0.717, 1.165) is 19.6 Å². The Morgan fingerprint density at radius 3 is 2.39 bits per heavy atom. The van der Waals surface area contributed by atoms with Crippen LogP contribution in [0.1, 0.15) is 40.5 Å². The van der Waals surface area contributed by atoms with E-state index >= 15 is 0 Å². The SMILES string of the molecule is CC1(C)C(C(=O)N2CC3CCC2CNC3)C1(C)C. The standard InChI is InChI=1S/C15H26N2O/c1-14(2)12(15(14,3)4)13(18)17-9-10-5-6-11(17)8-16-7-10/h10-12,16H,5-9H2,1-4H3. The van der Waals surface area contributed by atoms with Gasteiger partial charge in [0, 0.05) is 25.0 Å². The van der Waals surface area contributed by atoms with Crippen molar-refractivity contribution in [2.24, 2.45) is 22.7 Å². The summed E-state index contributed by atoms with van der Waals surface area (Å²) in [5.74, 6) is 1.32. The molecule has 4 aliphatic rings. The summed E-state index contributed by atoms with van der Waals surface area (Å²) in [5, 5.41) is 3.50. The molecule has 1 saturated carbocycles. The van der Waals surface area contributed by atoms with Crippen LogP contribution < -0.4 is 5.32 Å². The second-order valence-electron chi connectivity index (χ2n) is 7.62. The number of nitrogens with zero attached hydrogens (tertiary/aromatic N) is 1. The molecule has 1 amide bonds. The number of fused-ring (bicyclic) bond motifs is 4. The number of rotatable bonds is 1. The Kier molecular flexibility index (Phi) is 2.58. The van der Waals surface area contributed by atoms with Crippen molar-refractivity contribution < 1.29 is 4.79 Å². The fourth-order valence-electron chi connectivity index (χ4n) is 4.18. The lowest BCUT2D eigenvalue weighted by Crippen LogP contribution is -2.48. The van der Waals surface area contributed by atoms with Crippen LogP contribution in [0, 0.1) is 22.7 Å². The highest BCUT2D eigenvalue weighted by molar-refractivity contribution is 5.84. The van der Waals surface area contributed by atoms with E-state index in [9.17, 15) is 4.79 Å². The summed E-state index contributed by atoms with van der Waals surface area (Å²) in [5.41, 5.74) is 0.339. The number of carbonyl (C=O) groups excluding carboxylic acids is 1. The average molecular weight is 250 g/mol. The summed E-state index contributed by atoms with van der Waals surface area (Å²) in [7, 11) is 0. The van der Waals surface area contributed by atoms with Gasteiger partial charge in [-0.25, -0.2) is 0 Å². The van der Waals surface area contributed by atoms with Crippen molar-refractivity contribution in [2.45, 2.75) is 46.6 Å². The highest BCUT2D eigenvalue weighted by Gasteiger charge is 2.69. The van der Waals surface area contributed by atoms with Gasteiger partial charge in [0.05, 0.1) is 0 Å². The predicted octanol–water partition coefficient (Wildman–Crippen LogP) is 1.88. The van der Waals surface area contributed by atoms with Crippen LogP contribution in [0.15, 0.2) is 0 Å². The summed E-state index contributed by atoms with van der Waals surface area (Å²) >= 11 is 0. The molecule has 0 aromatic heterocycles. The van der Waals surface area contributed by atoms with Gasteiger partial charge in [-0.2, -0.15) is 0 Å². The smallest absolute Gasteiger partial charge is 0.227 e. The Morgan fingerprint density at radius 1 is 1.11 bits per heavy atom. The number of hydrogen-bond acceptors (Lipinski definition) is 2. The van der Waals surface area contributed by atoms with Gasteiger partial charge < -0.3 is 10.2 Å². The minimum absolute atomic E-state index is 0.170. The molecule has 2 bridgehead atoms. The fraction of sp³-hybridized carbons (Fsp3) is 0.933. The number of carbonyl (C=O) groups is 1. The predicted molar refractivity (Wildman–Crippen MR) is 72.1 cm³/mol. The van der Waals surface area contributed by atoms with Crippen LogP contribution in [-0.4, -0.2) is 36.5 Å². The van der Waals surface area contributed by atoms with Crippen LogP contribution >= 0.6 is 0 Å². The van der Waals surface area contributed by atoms with Crippen molar-refractivity contribution in [3.05, 3.63) is 0 Å². The van der Waals surface area contributed by atoms with E-state index in [1.165, 1.54) is 12.8 Å². The fourth-order valence-corrected chi connectivity index (χ4v) is 4.18. The van der Waals surface area contributed by atoms with Gasteiger partial charge in [-0.05, 0) is 36.1 Å². The Hall–Kier alpha value is -0.570. The van der Waals surface area contributed by atoms with Crippen LogP contribution in [0.3, 0.4) is 0 Å². The lowest BCUT2D eigenvalue weighted by molar-refractivity contribution is -0.137. The molecule has 0 aromatic carbocycles. The molecular weight excluding hydrogens is 224 g/mol. The van der Waals surface area contributed by atoms with Gasteiger partial charge in [0.1, 0.15) is 0 Å². The summed E-state index contributed by atoms with van der Waals surface area (Å²) in [6.07, 6.45) is 2.48. The summed E-state index contributed by atoms with van der Waals surface area (Å²) in [6.45, 7) is 12.0. The molecule has 3 saturated heterocycles. The van der Waals surface area contributed by atoms with Crippen LogP contribution in [-0.2, 0) is 4.79 Å². The van der Waals surface area contributed by atoms with Gasteiger partial charge in [-0.3, -0.25) is 4.79 Å². The highest BCUT2D eigenvalue weighted by Crippen LogP contribution is 2.69. The third-order valence-corrected chi connectivity index (χ3v) is 6.17. The quantitative estimate of drug-likeness (QED) is 0.770. The van der Waals surface area contributed by atoms with Gasteiger partial charge in [0.25, 0.3) is 0 Å². The molecule has 3 aliphatic heterocycles. The van der Waals surface area contributed by atoms with Crippen LogP contribution in [0.25, 0.3) is 0 Å². The molecule has 102 valence electrons. The molecule has 4 fully saturated rings. The average Bonchev–Trinajstić information content (AvgIpc) is 2.88. The molecule has 0 spiro atoms. The minimum Gasteiger partial charge on any atom is -0.338 e. The third-order valence-electron chi connectivity index (χ3n) is 6.17. The van der Waals surface area contributed by atoms with Crippen molar-refractivity contribution in [3.63, 3.8) is 0 Å². The highest BCUT2D eigenvalue weighted by atomic mass is 16.2. The first kappa shape index (κ1) is 12.5. The Balaban J connectivity index is 1.78. The first-order valence-electron chi connectivity index (χ1n) is 7.37. The van der Waals surface area contributed by atoms with Gasteiger partial charge >= 0.3 is 0 Å². The van der Waals surface area contributed by atoms with Crippen LogP contribution in [0.2, 0.25) is 0 Å². The Bertz CT molecular complexity index is 357. The zero-order chi connectivity index (χ0) is 13.1. The molecule has 2 unspecified atom stereocenters. The molecule has 0 aromatic rings. The maximum absolute atomic E-state index is 12.8. The normalized spacial score (nSPS) is 37.4. The molecule has 1 aliphatic carbocycles. The lowest BCUT2D eigenvalue weighted by atomic mass is 9.94. The van der Waals surface area contributed by atoms with Crippen molar-refractivity contribution in [3.8, 4) is 0 Å². The van der Waals surface area contributed by atoms with E-state index in [0.29, 0.717) is 17.9 Å². The minimum atomic E-state index is 0.170. The number of piperidine rings is 1. The molecular formula is C15H26N2O. The van der Waals surface area contributed by atoms with Crippen LogP contribution in [0.5, 0.6) is 0 Å². The van der Waals surface area contributed by atoms with E-state index < -0.39 is 0 Å². The molecule has 3 nitrogen and oxygen atoms in total. The second kappa shape index (κ2) is 3.72. The maximum atomic E-state index is 12.8. The number of amides is 1. The van der Waals surface area contributed by atoms with E-state index in [1.54, 1.807) is 0 Å². The van der Waals surface area contributed by atoms with E-state index in [4.69, 9.17) is 0 Å². The third kappa shape index (κ3) is 1.56. The van der Waals surface area contributed by atoms with Crippen molar-refractivity contribution in [1.82, 2.24) is 10.2 Å². The molecule has 1 N–H and O–H groups in total. The molecule has 18 heavy (non-hydrogen) atoms. The maximum Gasteiger partial charge on any atom is 0.227 e. The topological polar surface area (TPSA) is 32.3 Å². The monoisotopic (exact) mass is 250 g/mol. The molecule has 0 radical (unpaired) electrons. The van der Waals surface area contributed by atoms with Gasteiger partial charge in [-0.1, -0.05) is 27.7 Å². The van der Waals surface area contributed by atoms with Crippen molar-refractivity contribution in [1.29, 1.82) is 0 Å². The van der Waals surface area contributed by atoms with Gasteiger partial charge in [0.15, 0.2) is 0 Å². The summed E-state index contributed by atoms with van der Waals surface area (Å²) < 4.78 is 0.